The van der Waals surface area contributed by atoms with Crippen LogP contribution in [0.1, 0.15) is 25.7 Å². The van der Waals surface area contributed by atoms with E-state index in [-0.39, 0.29) is 11.4 Å². The van der Waals surface area contributed by atoms with Gasteiger partial charge in [0.1, 0.15) is 0 Å². The number of rotatable bonds is 5. The van der Waals surface area contributed by atoms with Gasteiger partial charge in [-0.05, 0) is 25.3 Å². The van der Waals surface area contributed by atoms with Crippen molar-refractivity contribution in [2.45, 2.75) is 37.8 Å². The van der Waals surface area contributed by atoms with Crippen LogP contribution in [0, 0.1) is 0 Å². The molecule has 3 N–H and O–H groups in total. The van der Waals surface area contributed by atoms with Gasteiger partial charge in [-0.25, -0.2) is 0 Å². The van der Waals surface area contributed by atoms with Gasteiger partial charge in [0.15, 0.2) is 0 Å². The lowest BCUT2D eigenvalue weighted by Gasteiger charge is -2.37. The Bertz CT molecular complexity index is 343. The van der Waals surface area contributed by atoms with Crippen LogP contribution in [0.25, 0.3) is 0 Å². The van der Waals surface area contributed by atoms with E-state index in [0.29, 0.717) is 19.5 Å². The normalized spacial score (nSPS) is 17.8. The predicted octanol–water partition coefficient (Wildman–Crippen LogP) is 0.271. The molecular formula is C11H18N4O. The topological polar surface area (TPSA) is 72.9 Å². The van der Waals surface area contributed by atoms with Gasteiger partial charge in [-0.2, -0.15) is 5.10 Å². The summed E-state index contributed by atoms with van der Waals surface area (Å²) in [5, 5.41) is 6.92. The van der Waals surface area contributed by atoms with Gasteiger partial charge in [-0.3, -0.25) is 9.48 Å². The van der Waals surface area contributed by atoms with Gasteiger partial charge in [-0.1, -0.05) is 0 Å². The van der Waals surface area contributed by atoms with Crippen molar-refractivity contribution in [1.29, 1.82) is 0 Å². The fourth-order valence-corrected chi connectivity index (χ4v) is 1.93. The van der Waals surface area contributed by atoms with Crippen molar-refractivity contribution < 1.29 is 4.79 Å². The number of carbonyl (C=O) groups excluding carboxylic acids is 1. The van der Waals surface area contributed by atoms with Gasteiger partial charge in [0.25, 0.3) is 0 Å². The molecule has 1 saturated carbocycles. The number of nitrogens with one attached hydrogen (secondary N) is 1. The monoisotopic (exact) mass is 222 g/mol. The number of hydrogen-bond donors (Lipinski definition) is 2. The predicted molar refractivity (Wildman–Crippen MR) is 60.6 cm³/mol. The molecule has 1 heterocycles. The highest BCUT2D eigenvalue weighted by atomic mass is 16.1. The van der Waals surface area contributed by atoms with Crippen molar-refractivity contribution in [3.05, 3.63) is 18.5 Å². The van der Waals surface area contributed by atoms with Gasteiger partial charge in [0, 0.05) is 30.9 Å². The summed E-state index contributed by atoms with van der Waals surface area (Å²) in [6.45, 7) is 1.31. The molecule has 16 heavy (non-hydrogen) atoms. The molecule has 0 bridgehead atoms. The van der Waals surface area contributed by atoms with Crippen LogP contribution in [0.3, 0.4) is 0 Å². The maximum atomic E-state index is 11.6. The Hall–Kier alpha value is -1.36. The average molecular weight is 222 g/mol. The Kier molecular flexibility index (Phi) is 3.24. The largest absolute Gasteiger partial charge is 0.354 e. The second-order valence-corrected chi connectivity index (χ2v) is 4.51. The third-order valence-electron chi connectivity index (χ3n) is 3.08. The molecule has 1 aromatic heterocycles. The van der Waals surface area contributed by atoms with Crippen LogP contribution in [0.4, 0.5) is 0 Å². The molecule has 0 atom stereocenters. The number of carbonyl (C=O) groups is 1. The summed E-state index contributed by atoms with van der Waals surface area (Å²) in [6.07, 6.45) is 7.15. The fourth-order valence-electron chi connectivity index (χ4n) is 1.93. The molecule has 5 heteroatoms. The zero-order valence-electron chi connectivity index (χ0n) is 9.35. The summed E-state index contributed by atoms with van der Waals surface area (Å²) in [4.78, 5) is 11.6. The van der Waals surface area contributed by atoms with Gasteiger partial charge < -0.3 is 11.1 Å². The molecule has 1 aromatic rings. The van der Waals surface area contributed by atoms with Crippen LogP contribution in [0.15, 0.2) is 18.5 Å². The minimum Gasteiger partial charge on any atom is -0.354 e. The smallest absolute Gasteiger partial charge is 0.221 e. The molecule has 0 unspecified atom stereocenters. The van der Waals surface area contributed by atoms with E-state index in [2.05, 4.69) is 10.4 Å². The molecule has 1 fully saturated rings. The van der Waals surface area contributed by atoms with Crippen LogP contribution in [-0.4, -0.2) is 27.8 Å². The zero-order chi connectivity index (χ0) is 11.4. The lowest BCUT2D eigenvalue weighted by molar-refractivity contribution is -0.123. The van der Waals surface area contributed by atoms with E-state index >= 15 is 0 Å². The highest BCUT2D eigenvalue weighted by molar-refractivity contribution is 5.77. The minimum atomic E-state index is -0.226. The third kappa shape index (κ3) is 2.82. The van der Waals surface area contributed by atoms with Crippen LogP contribution >= 0.6 is 0 Å². The van der Waals surface area contributed by atoms with Crippen molar-refractivity contribution in [3.63, 3.8) is 0 Å². The number of nitrogens with two attached hydrogens (primary N) is 1. The van der Waals surface area contributed by atoms with E-state index in [1.807, 2.05) is 12.3 Å². The van der Waals surface area contributed by atoms with Crippen LogP contribution < -0.4 is 11.1 Å². The van der Waals surface area contributed by atoms with E-state index in [1.54, 1.807) is 10.9 Å². The lowest BCUT2D eigenvalue weighted by Crippen LogP contribution is -2.50. The van der Waals surface area contributed by atoms with Gasteiger partial charge in [-0.15, -0.1) is 0 Å². The first-order chi connectivity index (χ1) is 7.68. The maximum absolute atomic E-state index is 11.6. The molecule has 1 aliphatic carbocycles. The molecule has 5 nitrogen and oxygen atoms in total. The van der Waals surface area contributed by atoms with Crippen molar-refractivity contribution >= 4 is 5.91 Å². The van der Waals surface area contributed by atoms with Gasteiger partial charge in [0.05, 0.1) is 6.54 Å². The molecule has 0 spiro atoms. The molecule has 1 aliphatic rings. The van der Waals surface area contributed by atoms with Crippen molar-refractivity contribution in [2.75, 3.05) is 6.54 Å². The van der Waals surface area contributed by atoms with Gasteiger partial charge >= 0.3 is 0 Å². The number of hydrogen-bond acceptors (Lipinski definition) is 3. The van der Waals surface area contributed by atoms with E-state index in [1.165, 1.54) is 0 Å². The van der Waals surface area contributed by atoms with E-state index in [0.717, 1.165) is 19.3 Å². The van der Waals surface area contributed by atoms with Crippen LogP contribution in [0.2, 0.25) is 0 Å². The summed E-state index contributed by atoms with van der Waals surface area (Å²) >= 11 is 0. The molecular weight excluding hydrogens is 204 g/mol. The first kappa shape index (κ1) is 11.1. The van der Waals surface area contributed by atoms with Crippen LogP contribution in [0.5, 0.6) is 0 Å². The van der Waals surface area contributed by atoms with Crippen LogP contribution in [-0.2, 0) is 11.3 Å². The number of aromatic nitrogens is 2. The molecule has 0 aliphatic heterocycles. The molecule has 0 saturated heterocycles. The van der Waals surface area contributed by atoms with E-state index in [4.69, 9.17) is 5.73 Å². The highest BCUT2D eigenvalue weighted by Crippen LogP contribution is 2.31. The Morgan fingerprint density at radius 2 is 2.38 bits per heavy atom. The van der Waals surface area contributed by atoms with Crippen molar-refractivity contribution in [2.24, 2.45) is 5.73 Å². The first-order valence-electron chi connectivity index (χ1n) is 5.71. The quantitative estimate of drug-likeness (QED) is 0.751. The summed E-state index contributed by atoms with van der Waals surface area (Å²) in [6, 6.07) is 1.87. The summed E-state index contributed by atoms with van der Waals surface area (Å²) < 4.78 is 1.79. The van der Waals surface area contributed by atoms with E-state index < -0.39 is 0 Å². The lowest BCUT2D eigenvalue weighted by atomic mass is 9.75. The SMILES string of the molecule is NC1(CC(=O)NCCn2cccn2)CCC1. The average Bonchev–Trinajstić information content (AvgIpc) is 2.68. The van der Waals surface area contributed by atoms with Crippen molar-refractivity contribution in [1.82, 2.24) is 15.1 Å². The van der Waals surface area contributed by atoms with Gasteiger partial charge in [0.2, 0.25) is 5.91 Å². The highest BCUT2D eigenvalue weighted by Gasteiger charge is 2.34. The number of amides is 1. The molecule has 0 aromatic carbocycles. The second kappa shape index (κ2) is 4.65. The maximum Gasteiger partial charge on any atom is 0.221 e. The molecule has 0 radical (unpaired) electrons. The van der Waals surface area contributed by atoms with Crippen molar-refractivity contribution in [3.8, 4) is 0 Å². The Morgan fingerprint density at radius 1 is 1.56 bits per heavy atom. The Morgan fingerprint density at radius 3 is 2.94 bits per heavy atom. The Balaban J connectivity index is 1.64. The second-order valence-electron chi connectivity index (χ2n) is 4.51. The standard InChI is InChI=1S/C11H18N4O/c12-11(3-1-4-11)9-10(16)13-6-8-15-7-2-5-14-15/h2,5,7H,1,3-4,6,8-9,12H2,(H,13,16). The molecule has 2 rings (SSSR count). The molecule has 88 valence electrons. The first-order valence-corrected chi connectivity index (χ1v) is 5.71. The summed E-state index contributed by atoms with van der Waals surface area (Å²) in [7, 11) is 0. The Labute approximate surface area is 95.0 Å². The summed E-state index contributed by atoms with van der Waals surface area (Å²) in [5.74, 6) is 0.0503. The summed E-state index contributed by atoms with van der Waals surface area (Å²) in [5.41, 5.74) is 5.77. The minimum absolute atomic E-state index is 0.0503. The zero-order valence-corrected chi connectivity index (χ0v) is 9.35. The molecule has 1 amide bonds. The fraction of sp³-hybridized carbons (Fsp3) is 0.636. The number of nitrogens with zero attached hydrogens (tertiary/aromatic N) is 2. The third-order valence-corrected chi connectivity index (χ3v) is 3.08. The van der Waals surface area contributed by atoms with E-state index in [9.17, 15) is 4.79 Å².